The second-order valence-electron chi connectivity index (χ2n) is 4.31. The largest absolute Gasteiger partial charge is 0.240 e. The van der Waals surface area contributed by atoms with Crippen LogP contribution < -0.4 is 0 Å². The van der Waals surface area contributed by atoms with Crippen LogP contribution in [0.1, 0.15) is 11.1 Å². The molecule has 1 heterocycles. The molecule has 0 aliphatic heterocycles. The Bertz CT molecular complexity index is 833. The number of benzene rings is 2. The van der Waals surface area contributed by atoms with Gasteiger partial charge in [0.2, 0.25) is 0 Å². The smallest absolute Gasteiger partial charge is 0.161 e. The minimum absolute atomic E-state index is 0.292. The molecule has 1 aromatic heterocycles. The first kappa shape index (κ1) is 12.2. The maximum Gasteiger partial charge on any atom is 0.161 e. The summed E-state index contributed by atoms with van der Waals surface area (Å²) in [6, 6.07) is 11.1. The van der Waals surface area contributed by atoms with Gasteiger partial charge in [-0.3, -0.25) is 0 Å². The van der Waals surface area contributed by atoms with Crippen molar-refractivity contribution in [2.45, 2.75) is 6.54 Å². The quantitative estimate of drug-likeness (QED) is 0.719. The summed E-state index contributed by atoms with van der Waals surface area (Å²) in [7, 11) is 0. The average molecular weight is 270 g/mol. The zero-order valence-corrected chi connectivity index (χ0v) is 10.2. The van der Waals surface area contributed by atoms with Crippen molar-refractivity contribution in [1.82, 2.24) is 15.0 Å². The summed E-state index contributed by atoms with van der Waals surface area (Å²) in [5, 5.41) is 16.5. The zero-order chi connectivity index (χ0) is 14.1. The van der Waals surface area contributed by atoms with Crippen molar-refractivity contribution in [3.8, 4) is 6.07 Å². The van der Waals surface area contributed by atoms with Crippen LogP contribution >= 0.6 is 0 Å². The van der Waals surface area contributed by atoms with E-state index in [-0.39, 0.29) is 0 Å². The van der Waals surface area contributed by atoms with E-state index in [9.17, 15) is 8.78 Å². The predicted molar refractivity (Wildman–Crippen MR) is 67.7 cm³/mol. The van der Waals surface area contributed by atoms with Gasteiger partial charge in [0.15, 0.2) is 11.6 Å². The van der Waals surface area contributed by atoms with Crippen LogP contribution in [0.15, 0.2) is 36.4 Å². The van der Waals surface area contributed by atoms with Crippen LogP contribution in [0.25, 0.3) is 11.0 Å². The first-order valence-electron chi connectivity index (χ1n) is 5.84. The van der Waals surface area contributed by atoms with E-state index in [4.69, 9.17) is 5.26 Å². The van der Waals surface area contributed by atoms with Crippen LogP contribution in [-0.4, -0.2) is 15.0 Å². The number of fused-ring (bicyclic) bond motifs is 1. The Morgan fingerprint density at radius 1 is 1.15 bits per heavy atom. The Labute approximate surface area is 112 Å². The molecule has 4 nitrogen and oxygen atoms in total. The third kappa shape index (κ3) is 2.10. The predicted octanol–water partition coefficient (Wildman–Crippen LogP) is 2.63. The summed E-state index contributed by atoms with van der Waals surface area (Å²) in [6.07, 6.45) is 0. The Morgan fingerprint density at radius 3 is 2.75 bits per heavy atom. The van der Waals surface area contributed by atoms with Crippen molar-refractivity contribution in [3.05, 3.63) is 59.2 Å². The third-order valence-corrected chi connectivity index (χ3v) is 2.94. The van der Waals surface area contributed by atoms with Gasteiger partial charge in [-0.1, -0.05) is 17.3 Å². The Balaban J connectivity index is 2.02. The lowest BCUT2D eigenvalue weighted by Gasteiger charge is -2.03. The summed E-state index contributed by atoms with van der Waals surface area (Å²) < 4.78 is 27.8. The second kappa shape index (κ2) is 4.70. The van der Waals surface area contributed by atoms with Crippen LogP contribution in [0.3, 0.4) is 0 Å². The lowest BCUT2D eigenvalue weighted by molar-refractivity contribution is 0.510. The molecule has 0 spiro atoms. The van der Waals surface area contributed by atoms with Gasteiger partial charge in [0.1, 0.15) is 5.52 Å². The topological polar surface area (TPSA) is 54.5 Å². The van der Waals surface area contributed by atoms with Crippen LogP contribution in [0, 0.1) is 23.0 Å². The van der Waals surface area contributed by atoms with E-state index in [2.05, 4.69) is 10.3 Å². The highest BCUT2D eigenvalue weighted by atomic mass is 19.2. The molecule has 3 aromatic rings. The van der Waals surface area contributed by atoms with Gasteiger partial charge in [-0.2, -0.15) is 5.26 Å². The van der Waals surface area contributed by atoms with Crippen LogP contribution in [0.4, 0.5) is 8.78 Å². The lowest BCUT2D eigenvalue weighted by atomic mass is 10.1. The molecule has 0 atom stereocenters. The van der Waals surface area contributed by atoms with E-state index in [0.29, 0.717) is 23.1 Å². The molecule has 2 aromatic carbocycles. The molecule has 20 heavy (non-hydrogen) atoms. The summed E-state index contributed by atoms with van der Waals surface area (Å²) in [4.78, 5) is 0. The highest BCUT2D eigenvalue weighted by Gasteiger charge is 2.10. The first-order chi connectivity index (χ1) is 9.67. The molecule has 0 N–H and O–H groups in total. The Hall–Kier alpha value is -2.81. The molecule has 0 saturated heterocycles. The van der Waals surface area contributed by atoms with Gasteiger partial charge in [-0.05, 0) is 17.7 Å². The van der Waals surface area contributed by atoms with Crippen molar-refractivity contribution in [2.75, 3.05) is 0 Å². The van der Waals surface area contributed by atoms with E-state index in [0.717, 1.165) is 17.7 Å². The van der Waals surface area contributed by atoms with Crippen LogP contribution in [0.5, 0.6) is 0 Å². The minimum atomic E-state index is -0.948. The second-order valence-corrected chi connectivity index (χ2v) is 4.31. The molecule has 0 bridgehead atoms. The van der Waals surface area contributed by atoms with Gasteiger partial charge in [0.25, 0.3) is 0 Å². The summed E-state index contributed by atoms with van der Waals surface area (Å²) >= 11 is 0. The number of halogens is 2. The standard InChI is InChI=1S/C14H8F2N4/c15-11-5-13-14(6-12(11)16)20(19-18-13)8-10-3-1-2-9(4-10)7-17/h1-6H,8H2. The van der Waals surface area contributed by atoms with E-state index in [1.54, 1.807) is 18.2 Å². The van der Waals surface area contributed by atoms with Gasteiger partial charge < -0.3 is 0 Å². The van der Waals surface area contributed by atoms with Crippen molar-refractivity contribution in [1.29, 1.82) is 5.26 Å². The highest BCUT2D eigenvalue weighted by Crippen LogP contribution is 2.17. The Morgan fingerprint density at radius 2 is 1.95 bits per heavy atom. The highest BCUT2D eigenvalue weighted by molar-refractivity contribution is 5.74. The Kier molecular flexibility index (Phi) is 2.88. The van der Waals surface area contributed by atoms with Gasteiger partial charge in [0, 0.05) is 12.1 Å². The first-order valence-corrected chi connectivity index (χ1v) is 5.84. The number of hydrogen-bond donors (Lipinski definition) is 0. The maximum atomic E-state index is 13.3. The zero-order valence-electron chi connectivity index (χ0n) is 10.2. The van der Waals surface area contributed by atoms with E-state index < -0.39 is 11.6 Å². The molecule has 0 saturated carbocycles. The summed E-state index contributed by atoms with van der Waals surface area (Å²) in [6.45, 7) is 0.330. The number of rotatable bonds is 2. The molecule has 98 valence electrons. The molecule has 0 amide bonds. The molecule has 0 unspecified atom stereocenters. The van der Waals surface area contributed by atoms with Crippen molar-refractivity contribution >= 4 is 11.0 Å². The fraction of sp³-hybridized carbons (Fsp3) is 0.0714. The van der Waals surface area contributed by atoms with E-state index in [1.165, 1.54) is 4.68 Å². The molecule has 0 aliphatic rings. The minimum Gasteiger partial charge on any atom is -0.240 e. The van der Waals surface area contributed by atoms with Gasteiger partial charge in [-0.25, -0.2) is 13.5 Å². The summed E-state index contributed by atoms with van der Waals surface area (Å²) in [5.41, 5.74) is 2.07. The molecule has 3 rings (SSSR count). The normalized spacial score (nSPS) is 10.7. The van der Waals surface area contributed by atoms with E-state index >= 15 is 0 Å². The van der Waals surface area contributed by atoms with Gasteiger partial charge >= 0.3 is 0 Å². The molecular weight excluding hydrogens is 262 g/mol. The van der Waals surface area contributed by atoms with Crippen LogP contribution in [0.2, 0.25) is 0 Å². The lowest BCUT2D eigenvalue weighted by Crippen LogP contribution is -2.02. The molecule has 0 fully saturated rings. The monoisotopic (exact) mass is 270 g/mol. The molecular formula is C14H8F2N4. The number of nitriles is 1. The maximum absolute atomic E-state index is 13.3. The fourth-order valence-electron chi connectivity index (χ4n) is 1.99. The van der Waals surface area contributed by atoms with E-state index in [1.807, 2.05) is 12.1 Å². The third-order valence-electron chi connectivity index (χ3n) is 2.94. The van der Waals surface area contributed by atoms with Crippen molar-refractivity contribution in [3.63, 3.8) is 0 Å². The fourth-order valence-corrected chi connectivity index (χ4v) is 1.99. The van der Waals surface area contributed by atoms with Crippen molar-refractivity contribution < 1.29 is 8.78 Å². The molecule has 6 heteroatoms. The SMILES string of the molecule is N#Cc1cccc(Cn2nnc3cc(F)c(F)cc32)c1. The van der Waals surface area contributed by atoms with Gasteiger partial charge in [0.05, 0.1) is 23.7 Å². The van der Waals surface area contributed by atoms with Crippen LogP contribution in [-0.2, 0) is 6.54 Å². The number of nitrogens with zero attached hydrogens (tertiary/aromatic N) is 4. The molecule has 0 aliphatic carbocycles. The summed E-state index contributed by atoms with van der Waals surface area (Å²) in [5.74, 6) is -1.89. The van der Waals surface area contributed by atoms with Crippen molar-refractivity contribution in [2.24, 2.45) is 0 Å². The number of hydrogen-bond acceptors (Lipinski definition) is 3. The van der Waals surface area contributed by atoms with Gasteiger partial charge in [-0.15, -0.1) is 5.10 Å². The number of aromatic nitrogens is 3. The average Bonchev–Trinajstić information content (AvgIpc) is 2.82. The molecule has 0 radical (unpaired) electrons.